The van der Waals surface area contributed by atoms with E-state index in [0.717, 1.165) is 16.0 Å². The van der Waals surface area contributed by atoms with E-state index >= 15 is 0 Å². The Hall–Kier alpha value is -2.86. The molecule has 0 unspecified atom stereocenters. The number of rotatable bonds is 3. The van der Waals surface area contributed by atoms with Crippen LogP contribution in [0.15, 0.2) is 54.6 Å². The summed E-state index contributed by atoms with van der Waals surface area (Å²) in [5, 5.41) is 0. The molecule has 0 radical (unpaired) electrons. The molecule has 0 aromatic heterocycles. The molecule has 0 bridgehead atoms. The van der Waals surface area contributed by atoms with Gasteiger partial charge in [-0.25, -0.2) is 13.7 Å². The van der Waals surface area contributed by atoms with Gasteiger partial charge in [-0.2, -0.15) is 0 Å². The molecule has 27 heavy (non-hydrogen) atoms. The minimum Gasteiger partial charge on any atom is -0.287 e. The molecule has 0 saturated carbocycles. The van der Waals surface area contributed by atoms with Crippen molar-refractivity contribution in [1.82, 2.24) is 4.90 Å². The molecule has 2 heterocycles. The number of benzene rings is 2. The van der Waals surface area contributed by atoms with E-state index in [1.54, 1.807) is 18.2 Å². The molecule has 1 saturated heterocycles. The highest BCUT2D eigenvalue weighted by atomic mass is 19.1. The molecule has 138 valence electrons. The third kappa shape index (κ3) is 3.40. The number of hydrogen-bond acceptors (Lipinski definition) is 3. The van der Waals surface area contributed by atoms with Crippen molar-refractivity contribution in [3.05, 3.63) is 71.8 Å². The van der Waals surface area contributed by atoms with Crippen LogP contribution in [-0.4, -0.2) is 35.8 Å². The van der Waals surface area contributed by atoms with Gasteiger partial charge in [-0.1, -0.05) is 24.3 Å². The fraction of sp³-hybridized carbons (Fsp3) is 0.238. The standard InChI is InChI=1S/C21H18F2N2O2/c22-16-6-4-14(5-7-16)15-8-10-24(11-9-15)19-13-20(26)25(21(19)27)18-3-1-2-17(23)12-18/h1-8,12,19H,9-11,13H2/t19-/m0/s1. The second-order valence-corrected chi connectivity index (χ2v) is 6.75. The van der Waals surface area contributed by atoms with Gasteiger partial charge in [0.15, 0.2) is 0 Å². The van der Waals surface area contributed by atoms with E-state index in [1.807, 2.05) is 11.0 Å². The molecular formula is C21H18F2N2O2. The van der Waals surface area contributed by atoms with Crippen molar-refractivity contribution in [1.29, 1.82) is 0 Å². The number of carbonyl (C=O) groups excluding carboxylic acids is 2. The number of nitrogens with zero attached hydrogens (tertiary/aromatic N) is 2. The summed E-state index contributed by atoms with van der Waals surface area (Å²) in [6, 6.07) is 11.3. The zero-order valence-electron chi connectivity index (χ0n) is 14.6. The fourth-order valence-corrected chi connectivity index (χ4v) is 3.68. The van der Waals surface area contributed by atoms with Crippen LogP contribution in [0, 0.1) is 11.6 Å². The maximum atomic E-state index is 13.5. The second kappa shape index (κ2) is 7.04. The fourth-order valence-electron chi connectivity index (χ4n) is 3.68. The number of halogens is 2. The lowest BCUT2D eigenvalue weighted by Crippen LogP contribution is -2.44. The third-order valence-corrected chi connectivity index (χ3v) is 5.09. The molecule has 2 aromatic rings. The summed E-state index contributed by atoms with van der Waals surface area (Å²) in [6.45, 7) is 1.16. The largest absolute Gasteiger partial charge is 0.287 e. The molecule has 0 spiro atoms. The van der Waals surface area contributed by atoms with Crippen molar-refractivity contribution < 1.29 is 18.4 Å². The first-order valence-electron chi connectivity index (χ1n) is 8.84. The number of imide groups is 1. The molecule has 2 amide bonds. The third-order valence-electron chi connectivity index (χ3n) is 5.09. The summed E-state index contributed by atoms with van der Waals surface area (Å²) < 4.78 is 26.5. The first-order chi connectivity index (χ1) is 13.0. The summed E-state index contributed by atoms with van der Waals surface area (Å²) >= 11 is 0. The van der Waals surface area contributed by atoms with Crippen LogP contribution in [0.25, 0.3) is 5.57 Å². The van der Waals surface area contributed by atoms with Crippen LogP contribution in [0.4, 0.5) is 14.5 Å². The summed E-state index contributed by atoms with van der Waals surface area (Å²) in [5.41, 5.74) is 2.34. The SMILES string of the molecule is O=C1C[C@H](N2CC=C(c3ccc(F)cc3)CC2)C(=O)N1c1cccc(F)c1. The first-order valence-corrected chi connectivity index (χ1v) is 8.84. The van der Waals surface area contributed by atoms with Gasteiger partial charge in [0.25, 0.3) is 5.91 Å². The van der Waals surface area contributed by atoms with E-state index in [1.165, 1.54) is 30.3 Å². The molecule has 2 aliphatic heterocycles. The van der Waals surface area contributed by atoms with Crippen LogP contribution in [-0.2, 0) is 9.59 Å². The maximum absolute atomic E-state index is 13.5. The molecule has 2 aliphatic rings. The van der Waals surface area contributed by atoms with Gasteiger partial charge in [0, 0.05) is 13.1 Å². The predicted octanol–water partition coefficient (Wildman–Crippen LogP) is 3.39. The minimum atomic E-state index is -0.535. The Labute approximate surface area is 155 Å². The lowest BCUT2D eigenvalue weighted by atomic mass is 9.98. The topological polar surface area (TPSA) is 40.6 Å². The maximum Gasteiger partial charge on any atom is 0.251 e. The molecule has 1 fully saturated rings. The van der Waals surface area contributed by atoms with E-state index in [-0.39, 0.29) is 29.7 Å². The van der Waals surface area contributed by atoms with Gasteiger partial charge in [0.05, 0.1) is 18.2 Å². The number of carbonyl (C=O) groups is 2. The molecule has 2 aromatic carbocycles. The quantitative estimate of drug-likeness (QED) is 0.780. The van der Waals surface area contributed by atoms with Crippen LogP contribution in [0.5, 0.6) is 0 Å². The van der Waals surface area contributed by atoms with Crippen molar-refractivity contribution in [3.8, 4) is 0 Å². The zero-order chi connectivity index (χ0) is 19.0. The minimum absolute atomic E-state index is 0.0923. The average Bonchev–Trinajstić information content (AvgIpc) is 2.97. The molecule has 4 nitrogen and oxygen atoms in total. The van der Waals surface area contributed by atoms with Crippen LogP contribution < -0.4 is 4.90 Å². The monoisotopic (exact) mass is 368 g/mol. The number of amides is 2. The Kier molecular flexibility index (Phi) is 4.58. The second-order valence-electron chi connectivity index (χ2n) is 6.75. The normalized spacial score (nSPS) is 20.9. The summed E-state index contributed by atoms with van der Waals surface area (Å²) in [7, 11) is 0. The zero-order valence-corrected chi connectivity index (χ0v) is 14.6. The van der Waals surface area contributed by atoms with Gasteiger partial charge >= 0.3 is 0 Å². The highest BCUT2D eigenvalue weighted by Crippen LogP contribution is 2.29. The summed E-state index contributed by atoms with van der Waals surface area (Å²) in [6.07, 6.45) is 2.82. The number of hydrogen-bond donors (Lipinski definition) is 0. The molecule has 4 rings (SSSR count). The van der Waals surface area contributed by atoms with Gasteiger partial charge in [0.1, 0.15) is 11.6 Å². The lowest BCUT2D eigenvalue weighted by Gasteiger charge is -2.30. The van der Waals surface area contributed by atoms with Crippen molar-refractivity contribution in [2.24, 2.45) is 0 Å². The summed E-state index contributed by atoms with van der Waals surface area (Å²) in [5.74, 6) is -1.39. The Bertz CT molecular complexity index is 924. The van der Waals surface area contributed by atoms with Gasteiger partial charge in [-0.15, -0.1) is 0 Å². The molecule has 0 aliphatic carbocycles. The van der Waals surface area contributed by atoms with Gasteiger partial charge in [0.2, 0.25) is 5.91 Å². The molecule has 6 heteroatoms. The molecule has 1 atom stereocenters. The van der Waals surface area contributed by atoms with E-state index in [4.69, 9.17) is 0 Å². The van der Waals surface area contributed by atoms with Gasteiger partial charge < -0.3 is 0 Å². The van der Waals surface area contributed by atoms with Crippen molar-refractivity contribution >= 4 is 23.1 Å². The van der Waals surface area contributed by atoms with Crippen molar-refractivity contribution in [2.45, 2.75) is 18.9 Å². The summed E-state index contributed by atoms with van der Waals surface area (Å²) in [4.78, 5) is 28.2. The Balaban J connectivity index is 1.49. The highest BCUT2D eigenvalue weighted by molar-refractivity contribution is 6.22. The number of anilines is 1. The van der Waals surface area contributed by atoms with E-state index < -0.39 is 11.9 Å². The highest BCUT2D eigenvalue weighted by Gasteiger charge is 2.42. The van der Waals surface area contributed by atoms with Crippen LogP contribution in [0.2, 0.25) is 0 Å². The van der Waals surface area contributed by atoms with Crippen LogP contribution in [0.3, 0.4) is 0 Å². The van der Waals surface area contributed by atoms with Crippen molar-refractivity contribution in [2.75, 3.05) is 18.0 Å². The lowest BCUT2D eigenvalue weighted by molar-refractivity contribution is -0.122. The van der Waals surface area contributed by atoms with Gasteiger partial charge in [-0.05, 0) is 47.9 Å². The molecule has 0 N–H and O–H groups in total. The Morgan fingerprint density at radius 3 is 2.41 bits per heavy atom. The van der Waals surface area contributed by atoms with E-state index in [0.29, 0.717) is 19.5 Å². The van der Waals surface area contributed by atoms with Crippen LogP contribution in [0.1, 0.15) is 18.4 Å². The smallest absolute Gasteiger partial charge is 0.251 e. The first kappa shape index (κ1) is 17.5. The van der Waals surface area contributed by atoms with Crippen LogP contribution >= 0.6 is 0 Å². The predicted molar refractivity (Wildman–Crippen MR) is 97.9 cm³/mol. The molecular weight excluding hydrogens is 350 g/mol. The Morgan fingerprint density at radius 1 is 0.963 bits per heavy atom. The Morgan fingerprint density at radius 2 is 1.74 bits per heavy atom. The van der Waals surface area contributed by atoms with Gasteiger partial charge in [-0.3, -0.25) is 14.5 Å². The average molecular weight is 368 g/mol. The van der Waals surface area contributed by atoms with E-state index in [9.17, 15) is 18.4 Å². The van der Waals surface area contributed by atoms with Crippen molar-refractivity contribution in [3.63, 3.8) is 0 Å². The van der Waals surface area contributed by atoms with E-state index in [2.05, 4.69) is 0 Å².